The predicted molar refractivity (Wildman–Crippen MR) is 220 cm³/mol. The van der Waals surface area contributed by atoms with Crippen molar-refractivity contribution in [2.45, 2.75) is 91.0 Å². The number of imidazole rings is 1. The third kappa shape index (κ3) is 8.23. The lowest BCUT2D eigenvalue weighted by molar-refractivity contribution is -0.384. The van der Waals surface area contributed by atoms with Gasteiger partial charge in [-0.25, -0.2) is 9.67 Å². The van der Waals surface area contributed by atoms with Crippen molar-refractivity contribution in [2.75, 3.05) is 24.7 Å². The monoisotopic (exact) mass is 752 g/mol. The van der Waals surface area contributed by atoms with Gasteiger partial charge in [0.15, 0.2) is 5.82 Å². The molecule has 0 atom stereocenters. The fourth-order valence-electron chi connectivity index (χ4n) is 6.63. The molecule has 6 rings (SSSR count). The largest absolute Gasteiger partial charge is 0.361 e. The Bertz CT molecular complexity index is 2210. The van der Waals surface area contributed by atoms with Gasteiger partial charge in [-0.05, 0) is 73.8 Å². The molecule has 1 aliphatic rings. The number of nitro benzene ring substituents is 1. The van der Waals surface area contributed by atoms with Crippen LogP contribution in [-0.2, 0) is 33.1 Å². The number of aromatic nitrogens is 4. The summed E-state index contributed by atoms with van der Waals surface area (Å²) in [5, 5.41) is 17.4. The summed E-state index contributed by atoms with van der Waals surface area (Å²) in [7, 11) is -2.62. The van der Waals surface area contributed by atoms with Crippen molar-refractivity contribution >= 4 is 67.5 Å². The molecule has 2 aromatic heterocycles. The zero-order chi connectivity index (χ0) is 38.3. The van der Waals surface area contributed by atoms with E-state index < -0.39 is 21.6 Å². The molecule has 0 saturated carbocycles. The number of anilines is 1. The molecule has 3 aromatic carbocycles. The SMILES string of the molecule is CCN1C(=O)C(C)(C)c2cc3nc(-c4nn(COCC[Si](C)(C)C)c5cc(C=Cc6cccc([N+](=O)[O-])c6)ccc45)n(COCC[Si](C)(C)C)c3cc21. The number of rotatable bonds is 15. The van der Waals surface area contributed by atoms with Crippen LogP contribution in [0.1, 0.15) is 37.5 Å². The van der Waals surface area contributed by atoms with E-state index in [2.05, 4.69) is 68.1 Å². The van der Waals surface area contributed by atoms with Crippen LogP contribution in [0.3, 0.4) is 0 Å². The Morgan fingerprint density at radius 2 is 1.53 bits per heavy atom. The Balaban J connectivity index is 1.46. The van der Waals surface area contributed by atoms with Gasteiger partial charge < -0.3 is 14.4 Å². The van der Waals surface area contributed by atoms with E-state index in [1.807, 2.05) is 54.6 Å². The lowest BCUT2D eigenvalue weighted by Gasteiger charge is -2.18. The summed E-state index contributed by atoms with van der Waals surface area (Å²) >= 11 is 0. The van der Waals surface area contributed by atoms with Gasteiger partial charge in [-0.3, -0.25) is 19.5 Å². The smallest absolute Gasteiger partial charge is 0.270 e. The molecule has 0 bridgehead atoms. The maximum atomic E-state index is 13.4. The number of amides is 1. The number of fused-ring (bicyclic) bond motifs is 3. The van der Waals surface area contributed by atoms with Crippen LogP contribution in [0.5, 0.6) is 0 Å². The number of likely N-dealkylation sites (N-methyl/N-ethyl adjacent to an activating group) is 1. The van der Waals surface area contributed by atoms with Gasteiger partial charge in [-0.15, -0.1) is 0 Å². The van der Waals surface area contributed by atoms with E-state index in [1.54, 1.807) is 12.1 Å². The average Bonchev–Trinajstić information content (AvgIpc) is 3.69. The molecule has 1 amide bonds. The summed E-state index contributed by atoms with van der Waals surface area (Å²) in [6, 6.07) is 19.0. The van der Waals surface area contributed by atoms with E-state index in [0.717, 1.165) is 62.1 Å². The molecule has 3 heterocycles. The van der Waals surface area contributed by atoms with Gasteiger partial charge in [0.1, 0.15) is 19.2 Å². The topological polar surface area (TPSA) is 118 Å². The Morgan fingerprint density at radius 3 is 2.17 bits per heavy atom. The van der Waals surface area contributed by atoms with E-state index in [1.165, 1.54) is 6.07 Å². The highest BCUT2D eigenvalue weighted by atomic mass is 28.3. The molecule has 1 aliphatic heterocycles. The van der Waals surface area contributed by atoms with Crippen molar-refractivity contribution in [3.8, 4) is 11.5 Å². The standard InChI is InChI=1S/C40H52N6O5Si2/c1-10-43-35-25-36-33(24-32(35)40(2,3)39(43)47)41-38(44(36)26-50-18-20-52(4,5)6)37-31-17-16-29(15-14-28-12-11-13-30(22-28)46(48)49)23-34(31)45(42-37)27-51-19-21-53(7,8)9/h11-17,22-25H,10,18-21,26-27H2,1-9H3. The van der Waals surface area contributed by atoms with E-state index >= 15 is 0 Å². The molecular weight excluding hydrogens is 701 g/mol. The number of carbonyl (C=O) groups is 1. The van der Waals surface area contributed by atoms with Crippen LogP contribution >= 0.6 is 0 Å². The highest BCUT2D eigenvalue weighted by molar-refractivity contribution is 6.76. The second-order valence-corrected chi connectivity index (χ2v) is 28.1. The van der Waals surface area contributed by atoms with E-state index in [9.17, 15) is 14.9 Å². The van der Waals surface area contributed by atoms with Gasteiger partial charge >= 0.3 is 0 Å². The normalized spacial score (nSPS) is 14.7. The second kappa shape index (κ2) is 14.8. The van der Waals surface area contributed by atoms with Gasteiger partial charge in [-0.2, -0.15) is 5.10 Å². The summed E-state index contributed by atoms with van der Waals surface area (Å²) in [4.78, 5) is 31.5. The third-order valence-corrected chi connectivity index (χ3v) is 13.3. The van der Waals surface area contributed by atoms with Crippen molar-refractivity contribution in [3.63, 3.8) is 0 Å². The third-order valence-electron chi connectivity index (χ3n) is 9.89. The van der Waals surface area contributed by atoms with Crippen LogP contribution in [-0.4, -0.2) is 66.1 Å². The Hall–Kier alpha value is -4.44. The Morgan fingerprint density at radius 1 is 0.868 bits per heavy atom. The summed E-state index contributed by atoms with van der Waals surface area (Å²) in [5.41, 5.74) is 6.22. The molecule has 5 aromatic rings. The van der Waals surface area contributed by atoms with Gasteiger partial charge in [0.25, 0.3) is 5.69 Å². The highest BCUT2D eigenvalue weighted by Crippen LogP contribution is 2.44. The molecular formula is C40H52N6O5Si2. The fraction of sp³-hybridized carbons (Fsp3) is 0.425. The quantitative estimate of drug-likeness (QED) is 0.0344. The van der Waals surface area contributed by atoms with E-state index in [-0.39, 0.29) is 23.2 Å². The minimum atomic E-state index is -1.32. The number of carbonyl (C=O) groups excluding carboxylic acids is 1. The number of benzene rings is 3. The van der Waals surface area contributed by atoms with Crippen molar-refractivity contribution in [1.29, 1.82) is 0 Å². The first kappa shape index (κ1) is 38.3. The van der Waals surface area contributed by atoms with E-state index in [4.69, 9.17) is 19.6 Å². The Labute approximate surface area is 313 Å². The van der Waals surface area contributed by atoms with Crippen LogP contribution in [0.25, 0.3) is 45.6 Å². The minimum absolute atomic E-state index is 0.0518. The van der Waals surface area contributed by atoms with Gasteiger partial charge in [0.2, 0.25) is 5.91 Å². The minimum Gasteiger partial charge on any atom is -0.361 e. The molecule has 0 N–H and O–H groups in total. The number of hydrogen-bond donors (Lipinski definition) is 0. The second-order valence-electron chi connectivity index (χ2n) is 16.9. The molecule has 0 unspecified atom stereocenters. The summed E-state index contributed by atoms with van der Waals surface area (Å²) in [6.45, 7) is 22.4. The first-order chi connectivity index (χ1) is 25.0. The van der Waals surface area contributed by atoms with E-state index in [0.29, 0.717) is 32.3 Å². The maximum absolute atomic E-state index is 13.4. The van der Waals surface area contributed by atoms with Crippen LogP contribution in [0.4, 0.5) is 11.4 Å². The summed E-state index contributed by atoms with van der Waals surface area (Å²) < 4.78 is 16.6. The molecule has 0 fully saturated rings. The van der Waals surface area contributed by atoms with Crippen molar-refractivity contribution in [2.24, 2.45) is 0 Å². The van der Waals surface area contributed by atoms with Gasteiger partial charge in [0, 0.05) is 53.4 Å². The fourth-order valence-corrected chi connectivity index (χ4v) is 8.14. The molecule has 0 spiro atoms. The zero-order valence-corrected chi connectivity index (χ0v) is 34.5. The molecule has 0 radical (unpaired) electrons. The summed E-state index contributed by atoms with van der Waals surface area (Å²) in [6.07, 6.45) is 3.83. The first-order valence-electron chi connectivity index (χ1n) is 18.4. The number of nitro groups is 1. The number of non-ortho nitro benzene ring substituents is 1. The molecule has 11 nitrogen and oxygen atoms in total. The number of ether oxygens (including phenoxy) is 2. The molecule has 0 aliphatic carbocycles. The lowest BCUT2D eigenvalue weighted by atomic mass is 9.86. The maximum Gasteiger partial charge on any atom is 0.270 e. The number of nitrogens with zero attached hydrogens (tertiary/aromatic N) is 6. The van der Waals surface area contributed by atoms with Crippen molar-refractivity contribution in [3.05, 3.63) is 81.4 Å². The van der Waals surface area contributed by atoms with Crippen LogP contribution in [0, 0.1) is 10.1 Å². The van der Waals surface area contributed by atoms with Crippen molar-refractivity contribution in [1.82, 2.24) is 19.3 Å². The van der Waals surface area contributed by atoms with Crippen LogP contribution in [0.15, 0.2) is 54.6 Å². The van der Waals surface area contributed by atoms with Crippen LogP contribution in [0.2, 0.25) is 51.4 Å². The zero-order valence-electron chi connectivity index (χ0n) is 32.5. The van der Waals surface area contributed by atoms with Gasteiger partial charge in [0.05, 0.1) is 32.6 Å². The highest BCUT2D eigenvalue weighted by Gasteiger charge is 2.44. The average molecular weight is 753 g/mol. The Kier molecular flexibility index (Phi) is 10.7. The van der Waals surface area contributed by atoms with Crippen molar-refractivity contribution < 1.29 is 19.2 Å². The lowest BCUT2D eigenvalue weighted by Crippen LogP contribution is -2.35. The predicted octanol–water partition coefficient (Wildman–Crippen LogP) is 9.40. The summed E-state index contributed by atoms with van der Waals surface area (Å²) in [5.74, 6) is 0.782. The molecule has 53 heavy (non-hydrogen) atoms. The molecule has 13 heteroatoms. The van der Waals surface area contributed by atoms with Crippen LogP contribution < -0.4 is 4.90 Å². The first-order valence-corrected chi connectivity index (χ1v) is 25.8. The molecule has 280 valence electrons. The van der Waals surface area contributed by atoms with Gasteiger partial charge in [-0.1, -0.05) is 69.6 Å². The number of hydrogen-bond acceptors (Lipinski definition) is 7. The molecule has 0 saturated heterocycles.